The largest absolute Gasteiger partial charge is 0.336 e. The van der Waals surface area contributed by atoms with Crippen LogP contribution in [0.4, 0.5) is 0 Å². The van der Waals surface area contributed by atoms with Gasteiger partial charge < -0.3 is 4.90 Å². The maximum Gasteiger partial charge on any atom is 0.236 e. The van der Waals surface area contributed by atoms with E-state index in [2.05, 4.69) is 20.8 Å². The van der Waals surface area contributed by atoms with Gasteiger partial charge in [-0.1, -0.05) is 54.5 Å². The average molecular weight is 316 g/mol. The number of amides is 1. The highest BCUT2D eigenvalue weighted by Crippen LogP contribution is 2.31. The van der Waals surface area contributed by atoms with Crippen molar-refractivity contribution in [2.75, 3.05) is 0 Å². The number of hydrogen-bond acceptors (Lipinski definition) is 1. The molecule has 0 radical (unpaired) electrons. The molecule has 2 aliphatic rings. The fourth-order valence-corrected chi connectivity index (χ4v) is 3.82. The van der Waals surface area contributed by atoms with Crippen molar-refractivity contribution in [2.45, 2.75) is 88.0 Å². The standard InChI is InChI=1S/C15H26BrNO/c1-12(16)15(18)17(13-8-4-2-5-9-13)14-10-6-3-7-11-14/h12-14H,2-11H2,1H3. The predicted octanol–water partition coefficient (Wildman–Crippen LogP) is 4.26. The first-order valence-electron chi connectivity index (χ1n) is 7.66. The molecule has 0 aromatic heterocycles. The second-order valence-electron chi connectivity index (χ2n) is 5.95. The molecule has 0 aliphatic heterocycles. The van der Waals surface area contributed by atoms with Crippen LogP contribution in [0.2, 0.25) is 0 Å². The van der Waals surface area contributed by atoms with E-state index in [-0.39, 0.29) is 4.83 Å². The van der Waals surface area contributed by atoms with Crippen LogP contribution in [-0.2, 0) is 4.79 Å². The normalized spacial score (nSPS) is 24.8. The van der Waals surface area contributed by atoms with E-state index in [0.29, 0.717) is 18.0 Å². The number of halogens is 1. The monoisotopic (exact) mass is 315 g/mol. The van der Waals surface area contributed by atoms with Gasteiger partial charge in [-0.25, -0.2) is 0 Å². The summed E-state index contributed by atoms with van der Waals surface area (Å²) in [5, 5.41) is 0. The number of hydrogen-bond donors (Lipinski definition) is 0. The van der Waals surface area contributed by atoms with Crippen LogP contribution in [0.5, 0.6) is 0 Å². The zero-order valence-electron chi connectivity index (χ0n) is 11.5. The molecule has 0 heterocycles. The molecule has 0 aromatic carbocycles. The quantitative estimate of drug-likeness (QED) is 0.712. The zero-order valence-corrected chi connectivity index (χ0v) is 13.1. The molecule has 18 heavy (non-hydrogen) atoms. The van der Waals surface area contributed by atoms with Gasteiger partial charge in [0.25, 0.3) is 0 Å². The van der Waals surface area contributed by atoms with Crippen LogP contribution in [0.15, 0.2) is 0 Å². The molecule has 2 saturated carbocycles. The van der Waals surface area contributed by atoms with Crippen molar-refractivity contribution in [2.24, 2.45) is 0 Å². The van der Waals surface area contributed by atoms with Gasteiger partial charge in [-0.15, -0.1) is 0 Å². The minimum absolute atomic E-state index is 0.0265. The smallest absolute Gasteiger partial charge is 0.236 e. The summed E-state index contributed by atoms with van der Waals surface area (Å²) >= 11 is 3.48. The van der Waals surface area contributed by atoms with Gasteiger partial charge in [0.1, 0.15) is 0 Å². The van der Waals surface area contributed by atoms with Crippen LogP contribution in [-0.4, -0.2) is 27.7 Å². The van der Waals surface area contributed by atoms with Crippen LogP contribution in [0.3, 0.4) is 0 Å². The summed E-state index contributed by atoms with van der Waals surface area (Å²) in [5.41, 5.74) is 0. The summed E-state index contributed by atoms with van der Waals surface area (Å²) < 4.78 is 0. The van der Waals surface area contributed by atoms with Gasteiger partial charge in [-0.05, 0) is 32.6 Å². The topological polar surface area (TPSA) is 20.3 Å². The van der Waals surface area contributed by atoms with E-state index in [1.165, 1.54) is 64.2 Å². The lowest BCUT2D eigenvalue weighted by Gasteiger charge is -2.42. The van der Waals surface area contributed by atoms with Crippen molar-refractivity contribution in [3.05, 3.63) is 0 Å². The second kappa shape index (κ2) is 6.93. The highest BCUT2D eigenvalue weighted by atomic mass is 79.9. The van der Waals surface area contributed by atoms with E-state index in [4.69, 9.17) is 0 Å². The Morgan fingerprint density at radius 1 is 0.944 bits per heavy atom. The van der Waals surface area contributed by atoms with Crippen molar-refractivity contribution < 1.29 is 4.79 Å². The first-order chi connectivity index (χ1) is 8.70. The van der Waals surface area contributed by atoms with Crippen LogP contribution >= 0.6 is 15.9 Å². The molecule has 1 unspecified atom stereocenters. The van der Waals surface area contributed by atoms with Crippen molar-refractivity contribution >= 4 is 21.8 Å². The van der Waals surface area contributed by atoms with E-state index >= 15 is 0 Å². The number of carbonyl (C=O) groups is 1. The Balaban J connectivity index is 2.07. The van der Waals surface area contributed by atoms with Gasteiger partial charge in [-0.3, -0.25) is 4.79 Å². The van der Waals surface area contributed by atoms with E-state index in [1.807, 2.05) is 6.92 Å². The zero-order chi connectivity index (χ0) is 13.0. The molecular formula is C15H26BrNO. The first-order valence-corrected chi connectivity index (χ1v) is 8.58. The minimum atomic E-state index is -0.0265. The number of rotatable bonds is 3. The molecule has 0 aromatic rings. The van der Waals surface area contributed by atoms with E-state index in [1.54, 1.807) is 0 Å². The summed E-state index contributed by atoms with van der Waals surface area (Å²) in [6, 6.07) is 1.05. The third-order valence-electron chi connectivity index (χ3n) is 4.53. The first kappa shape index (κ1) is 14.4. The maximum absolute atomic E-state index is 12.5. The van der Waals surface area contributed by atoms with Crippen LogP contribution in [0.1, 0.15) is 71.1 Å². The molecule has 2 nitrogen and oxygen atoms in total. The Morgan fingerprint density at radius 2 is 1.33 bits per heavy atom. The predicted molar refractivity (Wildman–Crippen MR) is 79.0 cm³/mol. The molecule has 1 amide bonds. The third-order valence-corrected chi connectivity index (χ3v) is 4.92. The van der Waals surface area contributed by atoms with Crippen molar-refractivity contribution in [1.29, 1.82) is 0 Å². The average Bonchev–Trinajstić information content (AvgIpc) is 2.41. The van der Waals surface area contributed by atoms with Crippen molar-refractivity contribution in [3.63, 3.8) is 0 Å². The molecule has 3 heteroatoms. The highest BCUT2D eigenvalue weighted by molar-refractivity contribution is 9.10. The summed E-state index contributed by atoms with van der Waals surface area (Å²) in [4.78, 5) is 14.8. The van der Waals surface area contributed by atoms with Crippen molar-refractivity contribution in [1.82, 2.24) is 4.90 Å². The SMILES string of the molecule is CC(Br)C(=O)N(C1CCCCC1)C1CCCCC1. The summed E-state index contributed by atoms with van der Waals surface area (Å²) in [6.45, 7) is 1.97. The molecule has 0 saturated heterocycles. The van der Waals surface area contributed by atoms with Gasteiger partial charge >= 0.3 is 0 Å². The summed E-state index contributed by atoms with van der Waals surface area (Å²) in [7, 11) is 0. The number of alkyl halides is 1. The molecule has 2 rings (SSSR count). The third kappa shape index (κ3) is 3.49. The van der Waals surface area contributed by atoms with E-state index < -0.39 is 0 Å². The molecule has 1 atom stereocenters. The Hall–Kier alpha value is -0.0500. The molecular weight excluding hydrogens is 290 g/mol. The lowest BCUT2D eigenvalue weighted by Crippen LogP contribution is -2.50. The van der Waals surface area contributed by atoms with Gasteiger partial charge in [-0.2, -0.15) is 0 Å². The molecule has 2 fully saturated rings. The fourth-order valence-electron chi connectivity index (χ4n) is 3.58. The van der Waals surface area contributed by atoms with E-state index in [9.17, 15) is 4.79 Å². The Morgan fingerprint density at radius 3 is 1.67 bits per heavy atom. The minimum Gasteiger partial charge on any atom is -0.336 e. The van der Waals surface area contributed by atoms with Gasteiger partial charge in [0.2, 0.25) is 5.91 Å². The van der Waals surface area contributed by atoms with Crippen molar-refractivity contribution in [3.8, 4) is 0 Å². The van der Waals surface area contributed by atoms with Crippen LogP contribution in [0.25, 0.3) is 0 Å². The Labute approximate surface area is 120 Å². The summed E-state index contributed by atoms with van der Waals surface area (Å²) in [6.07, 6.45) is 12.8. The molecule has 0 N–H and O–H groups in total. The molecule has 2 aliphatic carbocycles. The highest BCUT2D eigenvalue weighted by Gasteiger charge is 2.33. The molecule has 0 spiro atoms. The second-order valence-corrected chi connectivity index (χ2v) is 7.32. The lowest BCUT2D eigenvalue weighted by atomic mass is 9.88. The molecule has 104 valence electrons. The summed E-state index contributed by atoms with van der Waals surface area (Å²) in [5.74, 6) is 0.328. The number of carbonyl (C=O) groups excluding carboxylic acids is 1. The van der Waals surface area contributed by atoms with Gasteiger partial charge in [0.05, 0.1) is 4.83 Å². The fraction of sp³-hybridized carbons (Fsp3) is 0.933. The maximum atomic E-state index is 12.5. The lowest BCUT2D eigenvalue weighted by molar-refractivity contribution is -0.136. The van der Waals surface area contributed by atoms with E-state index in [0.717, 1.165) is 0 Å². The van der Waals surface area contributed by atoms with Gasteiger partial charge in [0.15, 0.2) is 0 Å². The van der Waals surface area contributed by atoms with Gasteiger partial charge in [0, 0.05) is 12.1 Å². The molecule has 0 bridgehead atoms. The Bertz CT molecular complexity index is 250. The number of nitrogens with zero attached hydrogens (tertiary/aromatic N) is 1. The van der Waals surface area contributed by atoms with Crippen LogP contribution < -0.4 is 0 Å². The Kier molecular flexibility index (Phi) is 5.53. The van der Waals surface area contributed by atoms with Crippen LogP contribution in [0, 0.1) is 0 Å².